The van der Waals surface area contributed by atoms with Crippen molar-refractivity contribution in [3.05, 3.63) is 36.7 Å². The lowest BCUT2D eigenvalue weighted by Crippen LogP contribution is -2.01. The smallest absolute Gasteiger partial charge is 0.374 e. The second kappa shape index (κ2) is 3.88. The minimum absolute atomic E-state index is 0.155. The number of aromatic carboxylic acids is 1. The first kappa shape index (κ1) is 10.3. The maximum Gasteiger partial charge on any atom is 0.374 e. The number of H-pyrrole nitrogens is 1. The number of carboxylic acid groups (broad SMARTS) is 1. The number of carboxylic acids is 1. The van der Waals surface area contributed by atoms with Crippen molar-refractivity contribution in [3.63, 3.8) is 0 Å². The molecule has 0 saturated heterocycles. The molecular weight excluding hydrogens is 236 g/mol. The van der Waals surface area contributed by atoms with E-state index in [1.165, 1.54) is 18.7 Å². The molecule has 0 spiro atoms. The number of rotatable bonds is 3. The average molecular weight is 244 g/mol. The molecule has 0 aliphatic heterocycles. The van der Waals surface area contributed by atoms with Crippen molar-refractivity contribution >= 4 is 28.5 Å². The highest BCUT2D eigenvalue weighted by Crippen LogP contribution is 2.25. The van der Waals surface area contributed by atoms with Crippen LogP contribution in [0.3, 0.4) is 0 Å². The molecule has 0 aliphatic carbocycles. The molecule has 0 amide bonds. The predicted octanol–water partition coefficient (Wildman–Crippen LogP) is 1.99. The van der Waals surface area contributed by atoms with Crippen LogP contribution < -0.4 is 5.32 Å². The lowest BCUT2D eigenvalue weighted by Gasteiger charge is -2.04. The van der Waals surface area contributed by atoms with Crippen LogP contribution in [0, 0.1) is 0 Å². The van der Waals surface area contributed by atoms with Gasteiger partial charge in [0.1, 0.15) is 17.8 Å². The summed E-state index contributed by atoms with van der Waals surface area (Å²) in [5, 5.41) is 12.6. The van der Waals surface area contributed by atoms with Gasteiger partial charge in [0.2, 0.25) is 5.76 Å². The number of hydrogen-bond acceptors (Lipinski definition) is 5. The summed E-state index contributed by atoms with van der Waals surface area (Å²) in [6.45, 7) is 0. The summed E-state index contributed by atoms with van der Waals surface area (Å²) in [5.74, 6) is -0.774. The first-order valence-corrected chi connectivity index (χ1v) is 5.11. The van der Waals surface area contributed by atoms with E-state index in [-0.39, 0.29) is 5.76 Å². The van der Waals surface area contributed by atoms with Crippen LogP contribution in [0.4, 0.5) is 11.5 Å². The number of carbonyl (C=O) groups is 1. The molecule has 7 heteroatoms. The summed E-state index contributed by atoms with van der Waals surface area (Å²) >= 11 is 0. The lowest BCUT2D eigenvalue weighted by molar-refractivity contribution is 0.0664. The molecule has 7 nitrogen and oxygen atoms in total. The number of aromatic nitrogens is 3. The van der Waals surface area contributed by atoms with E-state index in [4.69, 9.17) is 9.52 Å². The summed E-state index contributed by atoms with van der Waals surface area (Å²) in [7, 11) is 0. The van der Waals surface area contributed by atoms with Crippen LogP contribution in [0.1, 0.15) is 10.6 Å². The van der Waals surface area contributed by atoms with Gasteiger partial charge in [0.25, 0.3) is 0 Å². The Balaban J connectivity index is 2.04. The Morgan fingerprint density at radius 3 is 3.11 bits per heavy atom. The number of aromatic amines is 1. The summed E-state index contributed by atoms with van der Waals surface area (Å²) in [5.41, 5.74) is 1.02. The van der Waals surface area contributed by atoms with E-state index in [1.54, 1.807) is 12.3 Å². The van der Waals surface area contributed by atoms with Crippen LogP contribution in [0.25, 0.3) is 11.0 Å². The van der Waals surface area contributed by atoms with E-state index < -0.39 is 5.97 Å². The largest absolute Gasteiger partial charge is 0.475 e. The summed E-state index contributed by atoms with van der Waals surface area (Å²) < 4.78 is 4.88. The number of nitrogens with zero attached hydrogens (tertiary/aromatic N) is 2. The van der Waals surface area contributed by atoms with Gasteiger partial charge in [-0.2, -0.15) is 0 Å². The van der Waals surface area contributed by atoms with Crippen molar-refractivity contribution in [2.45, 2.75) is 0 Å². The van der Waals surface area contributed by atoms with Crippen molar-refractivity contribution in [3.8, 4) is 0 Å². The van der Waals surface area contributed by atoms with Gasteiger partial charge in [0, 0.05) is 12.3 Å². The third-order valence-electron chi connectivity index (χ3n) is 2.47. The summed E-state index contributed by atoms with van der Waals surface area (Å²) in [4.78, 5) is 22.0. The fourth-order valence-corrected chi connectivity index (χ4v) is 1.67. The summed E-state index contributed by atoms with van der Waals surface area (Å²) in [6, 6.07) is 3.34. The van der Waals surface area contributed by atoms with Gasteiger partial charge in [0.05, 0.1) is 17.3 Å². The Morgan fingerprint density at radius 2 is 2.28 bits per heavy atom. The minimum atomic E-state index is -1.14. The molecule has 18 heavy (non-hydrogen) atoms. The van der Waals surface area contributed by atoms with Crippen LogP contribution in [-0.2, 0) is 0 Å². The number of hydrogen-bond donors (Lipinski definition) is 3. The van der Waals surface area contributed by atoms with Crippen LogP contribution in [0.15, 0.2) is 35.3 Å². The Labute approximate surface area is 100 Å². The molecule has 0 aliphatic rings. The number of furan rings is 1. The van der Waals surface area contributed by atoms with Crippen LogP contribution in [0.5, 0.6) is 0 Å². The minimum Gasteiger partial charge on any atom is -0.475 e. The number of nitrogens with one attached hydrogen (secondary N) is 2. The van der Waals surface area contributed by atoms with E-state index in [0.717, 1.165) is 5.39 Å². The zero-order valence-corrected chi connectivity index (χ0v) is 9.04. The normalized spacial score (nSPS) is 10.7. The van der Waals surface area contributed by atoms with E-state index >= 15 is 0 Å². The molecule has 3 aromatic rings. The molecule has 3 aromatic heterocycles. The zero-order chi connectivity index (χ0) is 12.5. The maximum atomic E-state index is 10.9. The van der Waals surface area contributed by atoms with Gasteiger partial charge >= 0.3 is 5.97 Å². The second-order valence-corrected chi connectivity index (χ2v) is 3.56. The average Bonchev–Trinajstić information content (AvgIpc) is 2.96. The fourth-order valence-electron chi connectivity index (χ4n) is 1.67. The molecule has 3 N–H and O–H groups in total. The second-order valence-electron chi connectivity index (χ2n) is 3.56. The van der Waals surface area contributed by atoms with E-state index in [1.807, 2.05) is 0 Å². The maximum absolute atomic E-state index is 10.9. The SMILES string of the molecule is O=C(O)c1occc1Nc1ncnc2[nH]ccc12. The molecule has 0 atom stereocenters. The molecule has 3 rings (SSSR count). The van der Waals surface area contributed by atoms with Gasteiger partial charge in [0.15, 0.2) is 0 Å². The third kappa shape index (κ3) is 1.58. The molecule has 0 radical (unpaired) electrons. The molecule has 3 heterocycles. The number of fused-ring (bicyclic) bond motifs is 1. The highest BCUT2D eigenvalue weighted by Gasteiger charge is 2.15. The van der Waals surface area contributed by atoms with Gasteiger partial charge in [-0.3, -0.25) is 0 Å². The first-order chi connectivity index (χ1) is 8.75. The zero-order valence-electron chi connectivity index (χ0n) is 9.04. The van der Waals surface area contributed by atoms with Crippen molar-refractivity contribution in [1.29, 1.82) is 0 Å². The van der Waals surface area contributed by atoms with Crippen LogP contribution in [-0.4, -0.2) is 26.0 Å². The van der Waals surface area contributed by atoms with Crippen LogP contribution >= 0.6 is 0 Å². The van der Waals surface area contributed by atoms with Gasteiger partial charge in [-0.05, 0) is 6.07 Å². The fraction of sp³-hybridized carbons (Fsp3) is 0. The van der Waals surface area contributed by atoms with Crippen molar-refractivity contribution in [2.75, 3.05) is 5.32 Å². The highest BCUT2D eigenvalue weighted by atomic mass is 16.4. The van der Waals surface area contributed by atoms with E-state index in [9.17, 15) is 4.79 Å². The Morgan fingerprint density at radius 1 is 1.39 bits per heavy atom. The van der Waals surface area contributed by atoms with E-state index in [2.05, 4.69) is 20.3 Å². The molecule has 0 bridgehead atoms. The standard InChI is InChI=1S/C11H8N4O3/c16-11(17)8-7(2-4-18-8)15-10-6-1-3-12-9(6)13-5-14-10/h1-5H,(H,16,17)(H2,12,13,14,15). The molecule has 0 fully saturated rings. The number of anilines is 2. The summed E-state index contributed by atoms with van der Waals surface area (Å²) in [6.07, 6.45) is 4.43. The van der Waals surface area contributed by atoms with Crippen LogP contribution in [0.2, 0.25) is 0 Å². The first-order valence-electron chi connectivity index (χ1n) is 5.11. The van der Waals surface area contributed by atoms with Gasteiger partial charge in [-0.15, -0.1) is 0 Å². The molecule has 0 aromatic carbocycles. The van der Waals surface area contributed by atoms with Gasteiger partial charge < -0.3 is 19.8 Å². The Hall–Kier alpha value is -2.83. The lowest BCUT2D eigenvalue weighted by atomic mass is 10.3. The van der Waals surface area contributed by atoms with Crippen molar-refractivity contribution in [2.24, 2.45) is 0 Å². The van der Waals surface area contributed by atoms with Crippen molar-refractivity contribution < 1.29 is 14.3 Å². The Kier molecular flexibility index (Phi) is 2.23. The Bertz CT molecular complexity index is 716. The van der Waals surface area contributed by atoms with Gasteiger partial charge in [-0.25, -0.2) is 14.8 Å². The quantitative estimate of drug-likeness (QED) is 0.650. The molecule has 90 valence electrons. The molecular formula is C11H8N4O3. The van der Waals surface area contributed by atoms with Crippen molar-refractivity contribution in [1.82, 2.24) is 15.0 Å². The van der Waals surface area contributed by atoms with Gasteiger partial charge in [-0.1, -0.05) is 0 Å². The molecule has 0 saturated carbocycles. The monoisotopic (exact) mass is 244 g/mol. The third-order valence-corrected chi connectivity index (χ3v) is 2.47. The highest BCUT2D eigenvalue weighted by molar-refractivity contribution is 5.94. The topological polar surface area (TPSA) is 104 Å². The molecule has 0 unspecified atom stereocenters. The predicted molar refractivity (Wildman–Crippen MR) is 62.8 cm³/mol. The van der Waals surface area contributed by atoms with E-state index in [0.29, 0.717) is 17.2 Å².